The number of unbranched alkanes of at least 4 members (excludes halogenated alkanes) is 2. The van der Waals surface area contributed by atoms with E-state index in [1.165, 1.54) is 0 Å². The Morgan fingerprint density at radius 1 is 0.852 bits per heavy atom. The highest BCUT2D eigenvalue weighted by Gasteiger charge is 2.59. The highest BCUT2D eigenvalue weighted by Crippen LogP contribution is 2.58. The van der Waals surface area contributed by atoms with Gasteiger partial charge in [0.1, 0.15) is 0 Å². The number of benzene rings is 2. The van der Waals surface area contributed by atoms with Crippen LogP contribution in [0.5, 0.6) is 0 Å². The molecule has 0 spiro atoms. The third-order valence-electron chi connectivity index (χ3n) is 5.47. The minimum Gasteiger partial charge on any atom is -0.481 e. The number of aliphatic carboxylic acids is 1. The van der Waals surface area contributed by atoms with Crippen LogP contribution in [0, 0.1) is 11.8 Å². The van der Waals surface area contributed by atoms with Crippen LogP contribution in [-0.2, 0) is 14.3 Å². The number of rotatable bonds is 8. The fourth-order valence-electron chi connectivity index (χ4n) is 4.15. The number of carboxylic acid groups (broad SMARTS) is 1. The molecule has 27 heavy (non-hydrogen) atoms. The first-order chi connectivity index (χ1) is 13.1. The Morgan fingerprint density at radius 2 is 1.37 bits per heavy atom. The highest BCUT2D eigenvalue weighted by atomic mass is 16.5. The molecule has 0 heterocycles. The van der Waals surface area contributed by atoms with Gasteiger partial charge < -0.3 is 9.84 Å². The van der Waals surface area contributed by atoms with Crippen molar-refractivity contribution in [3.05, 3.63) is 71.8 Å². The quantitative estimate of drug-likeness (QED) is 0.547. The van der Waals surface area contributed by atoms with Gasteiger partial charge in [0, 0.05) is 11.8 Å². The van der Waals surface area contributed by atoms with Crippen molar-refractivity contribution in [3.63, 3.8) is 0 Å². The third-order valence-corrected chi connectivity index (χ3v) is 5.47. The summed E-state index contributed by atoms with van der Waals surface area (Å²) in [5.41, 5.74) is 1.76. The highest BCUT2D eigenvalue weighted by molar-refractivity contribution is 5.84. The van der Waals surface area contributed by atoms with Gasteiger partial charge in [0.15, 0.2) is 0 Å². The van der Waals surface area contributed by atoms with Gasteiger partial charge in [0.2, 0.25) is 0 Å². The van der Waals surface area contributed by atoms with Crippen molar-refractivity contribution in [2.45, 2.75) is 38.0 Å². The van der Waals surface area contributed by atoms with Gasteiger partial charge in [-0.3, -0.25) is 9.59 Å². The molecular weight excluding hydrogens is 340 g/mol. The summed E-state index contributed by atoms with van der Waals surface area (Å²) in [6.45, 7) is 2.49. The largest absolute Gasteiger partial charge is 0.481 e. The molecule has 1 N–H and O–H groups in total. The number of carbonyl (C=O) groups excluding carboxylic acids is 1. The molecule has 0 amide bonds. The summed E-state index contributed by atoms with van der Waals surface area (Å²) in [5.74, 6) is -3.00. The topological polar surface area (TPSA) is 63.6 Å². The van der Waals surface area contributed by atoms with Crippen LogP contribution in [-0.4, -0.2) is 23.7 Å². The monoisotopic (exact) mass is 366 g/mol. The van der Waals surface area contributed by atoms with E-state index in [0.29, 0.717) is 6.61 Å². The van der Waals surface area contributed by atoms with Crippen molar-refractivity contribution >= 4 is 11.9 Å². The van der Waals surface area contributed by atoms with E-state index >= 15 is 0 Å². The molecule has 4 heteroatoms. The summed E-state index contributed by atoms with van der Waals surface area (Å²) in [5, 5.41) is 9.89. The third kappa shape index (κ3) is 4.05. The Bertz CT molecular complexity index is 709. The SMILES string of the molecule is CCCCCOC(=O)C1[C@H](c2ccccc2)C(C(=O)O)[C@H]1c1ccccc1. The molecule has 0 unspecified atom stereocenters. The molecule has 2 aromatic rings. The lowest BCUT2D eigenvalue weighted by Gasteiger charge is -2.49. The van der Waals surface area contributed by atoms with Crippen molar-refractivity contribution in [1.82, 2.24) is 0 Å². The number of hydrogen-bond donors (Lipinski definition) is 1. The molecule has 0 bridgehead atoms. The van der Waals surface area contributed by atoms with E-state index in [4.69, 9.17) is 4.74 Å². The number of carbonyl (C=O) groups is 2. The lowest BCUT2D eigenvalue weighted by molar-refractivity contribution is -0.164. The first kappa shape index (κ1) is 19.2. The first-order valence-corrected chi connectivity index (χ1v) is 9.64. The molecule has 4 nitrogen and oxygen atoms in total. The van der Waals surface area contributed by atoms with Gasteiger partial charge >= 0.3 is 11.9 Å². The summed E-state index contributed by atoms with van der Waals surface area (Å²) in [4.78, 5) is 25.0. The second kappa shape index (κ2) is 8.85. The molecule has 0 radical (unpaired) electrons. The molecule has 1 aliphatic carbocycles. The smallest absolute Gasteiger partial charge is 0.310 e. The van der Waals surface area contributed by atoms with Crippen molar-refractivity contribution in [3.8, 4) is 0 Å². The predicted molar refractivity (Wildman–Crippen MR) is 103 cm³/mol. The van der Waals surface area contributed by atoms with Crippen LogP contribution in [0.25, 0.3) is 0 Å². The second-order valence-corrected chi connectivity index (χ2v) is 7.14. The van der Waals surface area contributed by atoms with E-state index in [0.717, 1.165) is 30.4 Å². The summed E-state index contributed by atoms with van der Waals surface area (Å²) < 4.78 is 5.55. The zero-order valence-electron chi connectivity index (χ0n) is 15.6. The maximum absolute atomic E-state index is 12.9. The van der Waals surface area contributed by atoms with E-state index in [-0.39, 0.29) is 17.8 Å². The predicted octanol–water partition coefficient (Wildman–Crippen LogP) is 4.62. The average molecular weight is 366 g/mol. The Balaban J connectivity index is 1.90. The maximum Gasteiger partial charge on any atom is 0.310 e. The fourth-order valence-corrected chi connectivity index (χ4v) is 4.15. The molecule has 2 atom stereocenters. The minimum atomic E-state index is -0.868. The minimum absolute atomic E-state index is 0.286. The van der Waals surface area contributed by atoms with Gasteiger partial charge in [0.25, 0.3) is 0 Å². The van der Waals surface area contributed by atoms with E-state index < -0.39 is 17.8 Å². The zero-order chi connectivity index (χ0) is 19.2. The fraction of sp³-hybridized carbons (Fsp3) is 0.391. The average Bonchev–Trinajstić information content (AvgIpc) is 2.66. The van der Waals surface area contributed by atoms with Crippen molar-refractivity contribution in [2.24, 2.45) is 11.8 Å². The van der Waals surface area contributed by atoms with Crippen molar-refractivity contribution in [1.29, 1.82) is 0 Å². The van der Waals surface area contributed by atoms with Gasteiger partial charge in [-0.15, -0.1) is 0 Å². The summed E-state index contributed by atoms with van der Waals surface area (Å²) in [6, 6.07) is 18.9. The van der Waals surface area contributed by atoms with Gasteiger partial charge in [-0.1, -0.05) is 80.4 Å². The van der Waals surface area contributed by atoms with E-state index in [1.54, 1.807) is 0 Å². The molecule has 0 aliphatic heterocycles. The van der Waals surface area contributed by atoms with Gasteiger partial charge in [-0.2, -0.15) is 0 Å². The molecule has 3 rings (SSSR count). The van der Waals surface area contributed by atoms with Gasteiger partial charge in [-0.25, -0.2) is 0 Å². The van der Waals surface area contributed by atoms with Crippen LogP contribution in [0.2, 0.25) is 0 Å². The number of ether oxygens (including phenoxy) is 1. The summed E-state index contributed by atoms with van der Waals surface area (Å²) >= 11 is 0. The Morgan fingerprint density at radius 3 is 1.81 bits per heavy atom. The number of carboxylic acids is 1. The molecular formula is C23H26O4. The Labute approximate surface area is 160 Å². The van der Waals surface area contributed by atoms with Crippen LogP contribution < -0.4 is 0 Å². The molecule has 1 saturated carbocycles. The standard InChI is InChI=1S/C23H26O4/c1-2-3-10-15-27-23(26)21-18(16-11-6-4-7-12-16)20(22(24)25)19(21)17-13-8-5-9-14-17/h4-9,11-14,18-21H,2-3,10,15H2,1H3,(H,24,25)/t18-,19-,20?,21?/m1/s1. The van der Waals surface area contributed by atoms with Gasteiger partial charge in [0.05, 0.1) is 18.4 Å². The van der Waals surface area contributed by atoms with Crippen LogP contribution in [0.3, 0.4) is 0 Å². The van der Waals surface area contributed by atoms with Crippen molar-refractivity contribution < 1.29 is 19.4 Å². The van der Waals surface area contributed by atoms with E-state index in [9.17, 15) is 14.7 Å². The normalized spacial score (nSPS) is 24.0. The number of hydrogen-bond acceptors (Lipinski definition) is 3. The lowest BCUT2D eigenvalue weighted by atomic mass is 9.52. The Hall–Kier alpha value is -2.62. The molecule has 0 aromatic heterocycles. The van der Waals surface area contributed by atoms with Gasteiger partial charge in [-0.05, 0) is 17.5 Å². The molecule has 1 fully saturated rings. The maximum atomic E-state index is 12.9. The van der Waals surface area contributed by atoms with Crippen molar-refractivity contribution in [2.75, 3.05) is 6.61 Å². The van der Waals surface area contributed by atoms with Crippen LogP contribution in [0.1, 0.15) is 49.1 Å². The second-order valence-electron chi connectivity index (χ2n) is 7.14. The van der Waals surface area contributed by atoms with Crippen LogP contribution in [0.15, 0.2) is 60.7 Å². The molecule has 1 aliphatic rings. The first-order valence-electron chi connectivity index (χ1n) is 9.64. The summed E-state index contributed by atoms with van der Waals surface area (Å²) in [6.07, 6.45) is 2.91. The van der Waals surface area contributed by atoms with E-state index in [1.807, 2.05) is 60.7 Å². The number of esters is 1. The molecule has 2 aromatic carbocycles. The molecule has 142 valence electrons. The van der Waals surface area contributed by atoms with Crippen LogP contribution in [0.4, 0.5) is 0 Å². The Kier molecular flexibility index (Phi) is 6.28. The lowest BCUT2D eigenvalue weighted by Crippen LogP contribution is -2.51. The zero-order valence-corrected chi connectivity index (χ0v) is 15.6. The van der Waals surface area contributed by atoms with E-state index in [2.05, 4.69) is 6.92 Å². The van der Waals surface area contributed by atoms with Crippen LogP contribution >= 0.6 is 0 Å². The summed E-state index contributed by atoms with van der Waals surface area (Å²) in [7, 11) is 0. The molecule has 0 saturated heterocycles.